The maximum absolute atomic E-state index is 13.6. The van der Waals surface area contributed by atoms with Crippen molar-refractivity contribution in [3.05, 3.63) is 58.6 Å². The summed E-state index contributed by atoms with van der Waals surface area (Å²) in [7, 11) is 1.68. The molecule has 2 fully saturated rings. The van der Waals surface area contributed by atoms with E-state index in [1.54, 1.807) is 19.1 Å². The van der Waals surface area contributed by atoms with Gasteiger partial charge in [-0.15, -0.1) is 0 Å². The molecule has 2 aliphatic rings. The second-order valence-corrected chi connectivity index (χ2v) is 9.42. The number of nitrogens with zero attached hydrogens (tertiary/aromatic N) is 3. The first-order valence-electron chi connectivity index (χ1n) is 9.81. The van der Waals surface area contributed by atoms with Crippen molar-refractivity contribution in [2.45, 2.75) is 24.9 Å². The summed E-state index contributed by atoms with van der Waals surface area (Å²) in [6.07, 6.45) is 4.09. The predicted molar refractivity (Wildman–Crippen MR) is 122 cm³/mol. The fourth-order valence-electron chi connectivity index (χ4n) is 4.32. The molecule has 0 N–H and O–H groups in total. The quantitative estimate of drug-likeness (QED) is 0.569. The molecule has 1 spiro atoms. The third-order valence-corrected chi connectivity index (χ3v) is 7.42. The SMILES string of the molecule is COc1cccc(CN2C(=O)N(c3ccc(Br)cc3)CC23CCN(SC)CC3)c1. The molecule has 154 valence electrons. The van der Waals surface area contributed by atoms with Crippen molar-refractivity contribution in [3.63, 3.8) is 0 Å². The van der Waals surface area contributed by atoms with Crippen molar-refractivity contribution in [2.24, 2.45) is 0 Å². The molecular formula is C22H26BrN3O2S. The molecule has 2 aromatic carbocycles. The Bertz CT molecular complexity index is 869. The van der Waals surface area contributed by atoms with Crippen LogP contribution in [-0.4, -0.2) is 53.8 Å². The van der Waals surface area contributed by atoms with Gasteiger partial charge < -0.3 is 9.64 Å². The largest absolute Gasteiger partial charge is 0.497 e. The molecule has 0 aliphatic carbocycles. The highest BCUT2D eigenvalue weighted by Gasteiger charge is 2.51. The molecule has 5 nitrogen and oxygen atoms in total. The van der Waals surface area contributed by atoms with Gasteiger partial charge in [-0.2, -0.15) is 0 Å². The van der Waals surface area contributed by atoms with Crippen LogP contribution >= 0.6 is 27.9 Å². The Labute approximate surface area is 185 Å². The number of benzene rings is 2. The van der Waals surface area contributed by atoms with Gasteiger partial charge in [0.05, 0.1) is 19.2 Å². The van der Waals surface area contributed by atoms with Crippen LogP contribution in [0, 0.1) is 0 Å². The van der Waals surface area contributed by atoms with E-state index < -0.39 is 0 Å². The van der Waals surface area contributed by atoms with Crippen LogP contribution in [0.1, 0.15) is 18.4 Å². The van der Waals surface area contributed by atoms with E-state index in [2.05, 4.69) is 37.5 Å². The number of anilines is 1. The third kappa shape index (κ3) is 4.13. The fraction of sp³-hybridized carbons (Fsp3) is 0.409. The van der Waals surface area contributed by atoms with Gasteiger partial charge in [0.15, 0.2) is 0 Å². The lowest BCUT2D eigenvalue weighted by atomic mass is 9.87. The molecule has 0 saturated carbocycles. The van der Waals surface area contributed by atoms with E-state index in [9.17, 15) is 4.79 Å². The summed E-state index contributed by atoms with van der Waals surface area (Å²) in [6, 6.07) is 16.1. The van der Waals surface area contributed by atoms with E-state index >= 15 is 0 Å². The van der Waals surface area contributed by atoms with E-state index in [1.807, 2.05) is 47.4 Å². The number of methoxy groups -OCH3 is 1. The smallest absolute Gasteiger partial charge is 0.325 e. The fourth-order valence-corrected chi connectivity index (χ4v) is 5.13. The van der Waals surface area contributed by atoms with Crippen molar-refractivity contribution < 1.29 is 9.53 Å². The van der Waals surface area contributed by atoms with E-state index in [4.69, 9.17) is 4.74 Å². The van der Waals surface area contributed by atoms with Gasteiger partial charge in [0, 0.05) is 29.8 Å². The molecule has 29 heavy (non-hydrogen) atoms. The zero-order valence-electron chi connectivity index (χ0n) is 16.8. The first-order chi connectivity index (χ1) is 14.0. The monoisotopic (exact) mass is 475 g/mol. The number of piperidine rings is 1. The van der Waals surface area contributed by atoms with Crippen LogP contribution in [0.4, 0.5) is 10.5 Å². The summed E-state index contributed by atoms with van der Waals surface area (Å²) in [4.78, 5) is 17.6. The zero-order valence-corrected chi connectivity index (χ0v) is 19.2. The molecule has 7 heteroatoms. The van der Waals surface area contributed by atoms with Gasteiger partial charge >= 0.3 is 6.03 Å². The van der Waals surface area contributed by atoms with Crippen molar-refractivity contribution in [2.75, 3.05) is 37.9 Å². The first kappa shape index (κ1) is 20.6. The van der Waals surface area contributed by atoms with Crippen LogP contribution in [-0.2, 0) is 6.54 Å². The zero-order chi connectivity index (χ0) is 20.4. The maximum atomic E-state index is 13.6. The van der Waals surface area contributed by atoms with Crippen LogP contribution in [0.2, 0.25) is 0 Å². The van der Waals surface area contributed by atoms with Gasteiger partial charge in [-0.25, -0.2) is 4.79 Å². The minimum absolute atomic E-state index is 0.0905. The molecule has 4 rings (SSSR count). The maximum Gasteiger partial charge on any atom is 0.325 e. The number of urea groups is 1. The summed E-state index contributed by atoms with van der Waals surface area (Å²) in [6.45, 7) is 3.33. The highest BCUT2D eigenvalue weighted by Crippen LogP contribution is 2.40. The highest BCUT2D eigenvalue weighted by molar-refractivity contribution is 9.10. The van der Waals surface area contributed by atoms with Gasteiger partial charge in [0.25, 0.3) is 0 Å². The summed E-state index contributed by atoms with van der Waals surface area (Å²) in [5.74, 6) is 0.824. The minimum Gasteiger partial charge on any atom is -0.497 e. The topological polar surface area (TPSA) is 36.0 Å². The summed E-state index contributed by atoms with van der Waals surface area (Å²) >= 11 is 5.28. The van der Waals surface area contributed by atoms with Crippen LogP contribution in [0.15, 0.2) is 53.0 Å². The Morgan fingerprint density at radius 3 is 2.52 bits per heavy atom. The minimum atomic E-state index is -0.139. The number of hydrogen-bond acceptors (Lipinski definition) is 4. The Balaban J connectivity index is 1.64. The second kappa shape index (κ2) is 8.58. The Morgan fingerprint density at radius 1 is 1.14 bits per heavy atom. The Hall–Kier alpha value is -1.70. The number of carbonyl (C=O) groups excluding carboxylic acids is 1. The predicted octanol–water partition coefficient (Wildman–Crippen LogP) is 5.01. The molecule has 2 aliphatic heterocycles. The molecule has 0 aromatic heterocycles. The second-order valence-electron chi connectivity index (χ2n) is 7.62. The van der Waals surface area contributed by atoms with Crippen molar-refractivity contribution in [1.29, 1.82) is 0 Å². The summed E-state index contributed by atoms with van der Waals surface area (Å²) in [5, 5.41) is 0. The molecule has 2 heterocycles. The Morgan fingerprint density at radius 2 is 1.86 bits per heavy atom. The molecule has 2 saturated heterocycles. The van der Waals surface area contributed by atoms with E-state index in [0.29, 0.717) is 6.54 Å². The Kier molecular flexibility index (Phi) is 6.08. The molecule has 0 bridgehead atoms. The number of ether oxygens (including phenoxy) is 1. The lowest BCUT2D eigenvalue weighted by Crippen LogP contribution is -2.53. The van der Waals surface area contributed by atoms with Crippen LogP contribution in [0.5, 0.6) is 5.75 Å². The first-order valence-corrected chi connectivity index (χ1v) is 11.8. The lowest BCUT2D eigenvalue weighted by molar-refractivity contribution is 0.102. The summed E-state index contributed by atoms with van der Waals surface area (Å²) < 4.78 is 8.79. The van der Waals surface area contributed by atoms with E-state index in [0.717, 1.165) is 53.9 Å². The number of halogens is 1. The van der Waals surface area contributed by atoms with Crippen molar-refractivity contribution >= 4 is 39.6 Å². The average Bonchev–Trinajstić information content (AvgIpc) is 3.01. The van der Waals surface area contributed by atoms with Crippen LogP contribution in [0.25, 0.3) is 0 Å². The van der Waals surface area contributed by atoms with Crippen LogP contribution in [0.3, 0.4) is 0 Å². The third-order valence-electron chi connectivity index (χ3n) is 6.01. The van der Waals surface area contributed by atoms with Gasteiger partial charge in [-0.3, -0.25) is 9.21 Å². The molecule has 2 aromatic rings. The number of amides is 2. The number of hydrogen-bond donors (Lipinski definition) is 0. The van der Waals surface area contributed by atoms with Gasteiger partial charge in [0.1, 0.15) is 5.75 Å². The van der Waals surface area contributed by atoms with Crippen LogP contribution < -0.4 is 9.64 Å². The van der Waals surface area contributed by atoms with Crippen molar-refractivity contribution in [3.8, 4) is 5.75 Å². The molecular weight excluding hydrogens is 450 g/mol. The normalized spacial score (nSPS) is 19.2. The molecule has 0 unspecified atom stereocenters. The van der Waals surface area contributed by atoms with Crippen molar-refractivity contribution in [1.82, 2.24) is 9.21 Å². The molecule has 2 amide bonds. The average molecular weight is 476 g/mol. The molecule has 0 radical (unpaired) electrons. The number of carbonyl (C=O) groups is 1. The standard InChI is InChI=1S/C22H26BrN3O2S/c1-28-20-5-3-4-17(14-20)15-26-21(27)25(19-8-6-18(23)7-9-19)16-22(26)10-12-24(29-2)13-11-22/h3-9,14H,10-13,15-16H2,1-2H3. The lowest BCUT2D eigenvalue weighted by Gasteiger charge is -2.43. The van der Waals surface area contributed by atoms with Gasteiger partial charge in [-0.1, -0.05) is 40.0 Å². The molecule has 0 atom stereocenters. The van der Waals surface area contributed by atoms with Gasteiger partial charge in [-0.05, 0) is 61.1 Å². The van der Waals surface area contributed by atoms with E-state index in [-0.39, 0.29) is 11.6 Å². The number of rotatable bonds is 5. The summed E-state index contributed by atoms with van der Waals surface area (Å²) in [5.41, 5.74) is 1.92. The van der Waals surface area contributed by atoms with Gasteiger partial charge in [0.2, 0.25) is 0 Å². The van der Waals surface area contributed by atoms with E-state index in [1.165, 1.54) is 0 Å². The highest BCUT2D eigenvalue weighted by atomic mass is 79.9.